The van der Waals surface area contributed by atoms with Gasteiger partial charge in [-0.1, -0.05) is 17.7 Å². The Labute approximate surface area is 113 Å². The number of carbonyl (C=O) groups is 1. The summed E-state index contributed by atoms with van der Waals surface area (Å²) in [5, 5.41) is 10.4. The van der Waals surface area contributed by atoms with Gasteiger partial charge in [0.05, 0.1) is 16.9 Å². The summed E-state index contributed by atoms with van der Waals surface area (Å²) in [7, 11) is 0. The van der Waals surface area contributed by atoms with Crippen molar-refractivity contribution in [1.29, 1.82) is 0 Å². The molecule has 6 N–H and O–H groups in total. The van der Waals surface area contributed by atoms with Gasteiger partial charge < -0.3 is 16.3 Å². The van der Waals surface area contributed by atoms with Crippen LogP contribution < -0.4 is 17.0 Å². The average molecular weight is 279 g/mol. The third-order valence-electron chi connectivity index (χ3n) is 2.55. The van der Waals surface area contributed by atoms with Gasteiger partial charge in [0.2, 0.25) is 0 Å². The number of aromatic nitrogens is 1. The van der Waals surface area contributed by atoms with E-state index in [2.05, 4.69) is 10.4 Å². The Hall–Kier alpha value is -2.31. The van der Waals surface area contributed by atoms with Crippen molar-refractivity contribution in [3.8, 4) is 0 Å². The molecule has 0 aliphatic rings. The number of rotatable bonds is 3. The van der Waals surface area contributed by atoms with E-state index in [1.54, 1.807) is 30.3 Å². The molecule has 7 heteroatoms. The zero-order valence-electron chi connectivity index (χ0n) is 9.72. The number of halogens is 1. The van der Waals surface area contributed by atoms with Crippen LogP contribution in [-0.2, 0) is 4.79 Å². The molecule has 19 heavy (non-hydrogen) atoms. The number of hydrogen-bond acceptors (Lipinski definition) is 5. The standard InChI is InChI=1S/C12H11ClN4O2/c13-7-2-4-8-6(5-7)1-3-9(16-8)10(14)11(17-15)12(18)19/h1-5,17H,14-15H2,(H,18,19)/b11-10-. The number of nitrogens with one attached hydrogen (secondary N) is 1. The molecular formula is C12H11ClN4O2. The number of hydrogen-bond donors (Lipinski definition) is 4. The number of hydrazine groups is 1. The van der Waals surface area contributed by atoms with Gasteiger partial charge in [-0.15, -0.1) is 0 Å². The summed E-state index contributed by atoms with van der Waals surface area (Å²) < 4.78 is 0. The van der Waals surface area contributed by atoms with E-state index in [0.29, 0.717) is 16.2 Å². The van der Waals surface area contributed by atoms with Gasteiger partial charge >= 0.3 is 5.97 Å². The van der Waals surface area contributed by atoms with E-state index in [-0.39, 0.29) is 11.4 Å². The first-order valence-electron chi connectivity index (χ1n) is 5.29. The molecule has 6 nitrogen and oxygen atoms in total. The number of nitrogens with zero attached hydrogens (tertiary/aromatic N) is 1. The monoisotopic (exact) mass is 278 g/mol. The van der Waals surface area contributed by atoms with Crippen molar-refractivity contribution in [2.24, 2.45) is 11.6 Å². The predicted octanol–water partition coefficient (Wildman–Crippen LogP) is 1.06. The number of benzene rings is 1. The molecule has 0 aliphatic carbocycles. The van der Waals surface area contributed by atoms with Gasteiger partial charge in [-0.25, -0.2) is 9.78 Å². The van der Waals surface area contributed by atoms with Gasteiger partial charge in [0.25, 0.3) is 0 Å². The first kappa shape index (κ1) is 13.1. The Bertz CT molecular complexity index is 684. The molecule has 0 fully saturated rings. The topological polar surface area (TPSA) is 114 Å². The van der Waals surface area contributed by atoms with E-state index in [9.17, 15) is 4.79 Å². The second-order valence-corrected chi connectivity index (χ2v) is 4.21. The molecule has 2 aromatic rings. The third kappa shape index (κ3) is 2.59. The van der Waals surface area contributed by atoms with Crippen molar-refractivity contribution in [1.82, 2.24) is 10.4 Å². The van der Waals surface area contributed by atoms with Gasteiger partial charge in [0, 0.05) is 10.4 Å². The van der Waals surface area contributed by atoms with E-state index in [1.807, 2.05) is 0 Å². The van der Waals surface area contributed by atoms with Gasteiger partial charge in [0.1, 0.15) is 0 Å². The van der Waals surface area contributed by atoms with Crippen molar-refractivity contribution >= 4 is 34.2 Å². The summed E-state index contributed by atoms with van der Waals surface area (Å²) in [5.41, 5.74) is 8.43. The lowest BCUT2D eigenvalue weighted by atomic mass is 10.1. The Morgan fingerprint density at radius 3 is 2.68 bits per heavy atom. The van der Waals surface area contributed by atoms with Crippen LogP contribution in [0.2, 0.25) is 5.02 Å². The van der Waals surface area contributed by atoms with Crippen LogP contribution in [0.1, 0.15) is 5.69 Å². The molecular weight excluding hydrogens is 268 g/mol. The van der Waals surface area contributed by atoms with Crippen molar-refractivity contribution in [2.45, 2.75) is 0 Å². The highest BCUT2D eigenvalue weighted by Crippen LogP contribution is 2.20. The van der Waals surface area contributed by atoms with Crippen molar-refractivity contribution in [3.05, 3.63) is 46.7 Å². The summed E-state index contributed by atoms with van der Waals surface area (Å²) in [6, 6.07) is 8.54. The molecule has 0 amide bonds. The number of carboxylic acids is 1. The molecule has 0 spiro atoms. The minimum atomic E-state index is -1.25. The van der Waals surface area contributed by atoms with Crippen LogP contribution in [0, 0.1) is 0 Å². The van der Waals surface area contributed by atoms with Crippen LogP contribution in [0.3, 0.4) is 0 Å². The Balaban J connectivity index is 2.58. The number of carboxylic acid groups (broad SMARTS) is 1. The van der Waals surface area contributed by atoms with Crippen molar-refractivity contribution < 1.29 is 9.90 Å². The van der Waals surface area contributed by atoms with Crippen LogP contribution in [0.4, 0.5) is 0 Å². The zero-order valence-corrected chi connectivity index (χ0v) is 10.5. The van der Waals surface area contributed by atoms with E-state index < -0.39 is 5.97 Å². The SMILES string of the molecule is NN/C(C(=O)O)=C(\N)c1ccc2cc(Cl)ccc2n1. The maximum absolute atomic E-state index is 10.9. The smallest absolute Gasteiger partial charge is 0.355 e. The molecule has 0 aliphatic heterocycles. The van der Waals surface area contributed by atoms with E-state index >= 15 is 0 Å². The van der Waals surface area contributed by atoms with Crippen molar-refractivity contribution in [3.63, 3.8) is 0 Å². The van der Waals surface area contributed by atoms with Crippen LogP contribution in [0.5, 0.6) is 0 Å². The second kappa shape index (κ2) is 5.13. The molecule has 98 valence electrons. The van der Waals surface area contributed by atoms with Crippen LogP contribution in [0.15, 0.2) is 36.0 Å². The summed E-state index contributed by atoms with van der Waals surface area (Å²) in [6.07, 6.45) is 0. The predicted molar refractivity (Wildman–Crippen MR) is 72.8 cm³/mol. The van der Waals surface area contributed by atoms with Gasteiger partial charge in [0.15, 0.2) is 5.70 Å². The maximum atomic E-state index is 10.9. The largest absolute Gasteiger partial charge is 0.476 e. The lowest BCUT2D eigenvalue weighted by Crippen LogP contribution is -2.29. The molecule has 0 unspecified atom stereocenters. The van der Waals surface area contributed by atoms with Crippen molar-refractivity contribution in [2.75, 3.05) is 0 Å². The summed E-state index contributed by atoms with van der Waals surface area (Å²) in [5.74, 6) is 3.88. The fourth-order valence-electron chi connectivity index (χ4n) is 1.63. The minimum absolute atomic E-state index is 0.0353. The van der Waals surface area contributed by atoms with Gasteiger partial charge in [-0.3, -0.25) is 5.84 Å². The lowest BCUT2D eigenvalue weighted by molar-refractivity contribution is -0.133. The zero-order chi connectivity index (χ0) is 14.0. The molecule has 1 heterocycles. The number of aliphatic carboxylic acids is 1. The van der Waals surface area contributed by atoms with Gasteiger partial charge in [-0.2, -0.15) is 0 Å². The normalized spacial score (nSPS) is 12.1. The number of fused-ring (bicyclic) bond motifs is 1. The van der Waals surface area contributed by atoms with Crippen LogP contribution in [0.25, 0.3) is 16.6 Å². The Morgan fingerprint density at radius 1 is 1.32 bits per heavy atom. The Morgan fingerprint density at radius 2 is 2.05 bits per heavy atom. The summed E-state index contributed by atoms with van der Waals surface area (Å²) in [4.78, 5) is 15.2. The van der Waals surface area contributed by atoms with Crippen LogP contribution in [-0.4, -0.2) is 16.1 Å². The number of pyridine rings is 1. The van der Waals surface area contributed by atoms with Gasteiger partial charge in [-0.05, 0) is 24.3 Å². The van der Waals surface area contributed by atoms with E-state index in [4.69, 9.17) is 28.3 Å². The molecule has 1 aromatic heterocycles. The second-order valence-electron chi connectivity index (χ2n) is 3.77. The molecule has 0 saturated heterocycles. The van der Waals surface area contributed by atoms with Crippen LogP contribution >= 0.6 is 11.6 Å². The third-order valence-corrected chi connectivity index (χ3v) is 2.79. The fourth-order valence-corrected chi connectivity index (χ4v) is 1.81. The molecule has 0 saturated carbocycles. The fraction of sp³-hybridized carbons (Fsp3) is 0. The highest BCUT2D eigenvalue weighted by molar-refractivity contribution is 6.31. The maximum Gasteiger partial charge on any atom is 0.355 e. The molecule has 0 bridgehead atoms. The molecule has 0 atom stereocenters. The molecule has 1 aromatic carbocycles. The van der Waals surface area contributed by atoms with E-state index in [0.717, 1.165) is 5.39 Å². The highest BCUT2D eigenvalue weighted by Gasteiger charge is 2.13. The molecule has 2 rings (SSSR count). The minimum Gasteiger partial charge on any atom is -0.476 e. The average Bonchev–Trinajstić information content (AvgIpc) is 2.38. The highest BCUT2D eigenvalue weighted by atomic mass is 35.5. The summed E-state index contributed by atoms with van der Waals surface area (Å²) in [6.45, 7) is 0. The Kier molecular flexibility index (Phi) is 3.55. The number of nitrogens with two attached hydrogens (primary N) is 2. The summed E-state index contributed by atoms with van der Waals surface area (Å²) >= 11 is 5.87. The molecule has 0 radical (unpaired) electrons. The first-order chi connectivity index (χ1) is 9.02. The lowest BCUT2D eigenvalue weighted by Gasteiger charge is -2.08. The quantitative estimate of drug-likeness (QED) is 0.379. The first-order valence-corrected chi connectivity index (χ1v) is 5.67. The van der Waals surface area contributed by atoms with E-state index in [1.165, 1.54) is 0 Å².